The number of halogens is 2. The van der Waals surface area contributed by atoms with Gasteiger partial charge in [0, 0.05) is 23.6 Å². The number of imide groups is 1. The van der Waals surface area contributed by atoms with Gasteiger partial charge < -0.3 is 5.32 Å². The zero-order chi connectivity index (χ0) is 18.0. The molecule has 0 saturated carbocycles. The number of pyridine rings is 1. The van der Waals surface area contributed by atoms with E-state index in [2.05, 4.69) is 26.2 Å². The predicted octanol–water partition coefficient (Wildman–Crippen LogP) is 3.51. The summed E-state index contributed by atoms with van der Waals surface area (Å²) in [5.41, 5.74) is 0.775. The Balaban J connectivity index is 1.54. The molecule has 8 heteroatoms. The van der Waals surface area contributed by atoms with E-state index < -0.39 is 0 Å². The third kappa shape index (κ3) is 3.88. The molecule has 3 amide bonds. The van der Waals surface area contributed by atoms with Gasteiger partial charge in [0.25, 0.3) is 11.8 Å². The number of hydrogen-bond donors (Lipinski definition) is 1. The number of amides is 3. The first-order chi connectivity index (χ1) is 12.0. The van der Waals surface area contributed by atoms with Crippen molar-refractivity contribution in [3.8, 4) is 0 Å². The summed E-state index contributed by atoms with van der Waals surface area (Å²) in [5, 5.41) is 3.12. The van der Waals surface area contributed by atoms with E-state index in [9.17, 15) is 14.4 Å². The average Bonchev–Trinajstić information content (AvgIpc) is 2.81. The van der Waals surface area contributed by atoms with E-state index >= 15 is 0 Å². The molecule has 0 aliphatic carbocycles. The minimum absolute atomic E-state index is 0.168. The van der Waals surface area contributed by atoms with Crippen LogP contribution >= 0.6 is 27.5 Å². The lowest BCUT2D eigenvalue weighted by atomic mass is 10.1. The van der Waals surface area contributed by atoms with Crippen LogP contribution in [0.2, 0.25) is 5.02 Å². The number of aromatic nitrogens is 1. The zero-order valence-corrected chi connectivity index (χ0v) is 15.3. The summed E-state index contributed by atoms with van der Waals surface area (Å²) in [6.45, 7) is 0.186. The molecule has 0 atom stereocenters. The van der Waals surface area contributed by atoms with E-state index in [0.29, 0.717) is 28.4 Å². The molecule has 2 aromatic rings. The fourth-order valence-electron chi connectivity index (χ4n) is 2.52. The van der Waals surface area contributed by atoms with Crippen molar-refractivity contribution in [2.24, 2.45) is 0 Å². The number of carbonyl (C=O) groups excluding carboxylic acids is 3. The highest BCUT2D eigenvalue weighted by atomic mass is 79.9. The first kappa shape index (κ1) is 17.6. The first-order valence-corrected chi connectivity index (χ1v) is 8.70. The first-order valence-electron chi connectivity index (χ1n) is 7.53. The molecule has 1 N–H and O–H groups in total. The summed E-state index contributed by atoms with van der Waals surface area (Å²) >= 11 is 9.02. The Kier molecular flexibility index (Phi) is 5.15. The second-order valence-corrected chi connectivity index (χ2v) is 6.82. The normalized spacial score (nSPS) is 13.1. The van der Waals surface area contributed by atoms with Gasteiger partial charge in [-0.3, -0.25) is 19.3 Å². The van der Waals surface area contributed by atoms with Crippen molar-refractivity contribution in [2.75, 3.05) is 11.9 Å². The van der Waals surface area contributed by atoms with Crippen LogP contribution in [0.15, 0.2) is 41.0 Å². The summed E-state index contributed by atoms with van der Waals surface area (Å²) in [6, 6.07) is 8.20. The molecule has 3 rings (SSSR count). The SMILES string of the molecule is O=C(CCCN1C(=O)c2ccc(Br)cc2C1=O)Nc1ccc(Cl)cn1. The quantitative estimate of drug-likeness (QED) is 0.748. The molecule has 1 aliphatic rings. The van der Waals surface area contributed by atoms with Crippen LogP contribution < -0.4 is 5.32 Å². The number of carbonyl (C=O) groups is 3. The number of nitrogens with one attached hydrogen (secondary N) is 1. The molecular formula is C17H13BrClN3O3. The molecule has 25 heavy (non-hydrogen) atoms. The molecule has 0 saturated heterocycles. The summed E-state index contributed by atoms with van der Waals surface area (Å²) < 4.78 is 0.740. The van der Waals surface area contributed by atoms with E-state index in [0.717, 1.165) is 4.47 Å². The van der Waals surface area contributed by atoms with E-state index in [4.69, 9.17) is 11.6 Å². The van der Waals surface area contributed by atoms with Gasteiger partial charge in [-0.15, -0.1) is 0 Å². The van der Waals surface area contributed by atoms with E-state index in [-0.39, 0.29) is 30.7 Å². The lowest BCUT2D eigenvalue weighted by molar-refractivity contribution is -0.116. The van der Waals surface area contributed by atoms with Crippen LogP contribution in [0.5, 0.6) is 0 Å². The molecule has 1 aromatic carbocycles. The molecular weight excluding hydrogens is 410 g/mol. The molecule has 0 spiro atoms. The Morgan fingerprint density at radius 2 is 1.92 bits per heavy atom. The standard InChI is InChI=1S/C17H13BrClN3O3/c18-10-3-5-12-13(8-10)17(25)22(16(12)24)7-1-2-15(23)21-14-6-4-11(19)9-20-14/h3-6,8-9H,1-2,7H2,(H,20,21,23). The lowest BCUT2D eigenvalue weighted by Crippen LogP contribution is -2.31. The van der Waals surface area contributed by atoms with E-state index in [1.807, 2.05) is 0 Å². The fraction of sp³-hybridized carbons (Fsp3) is 0.176. The van der Waals surface area contributed by atoms with Crippen LogP contribution in [0, 0.1) is 0 Å². The molecule has 0 unspecified atom stereocenters. The van der Waals surface area contributed by atoms with E-state index in [1.165, 1.54) is 11.1 Å². The highest BCUT2D eigenvalue weighted by Gasteiger charge is 2.35. The van der Waals surface area contributed by atoms with Crippen molar-refractivity contribution < 1.29 is 14.4 Å². The van der Waals surface area contributed by atoms with Crippen molar-refractivity contribution in [3.05, 3.63) is 57.2 Å². The van der Waals surface area contributed by atoms with Crippen LogP contribution in [0.1, 0.15) is 33.6 Å². The van der Waals surface area contributed by atoms with Crippen molar-refractivity contribution in [3.63, 3.8) is 0 Å². The van der Waals surface area contributed by atoms with E-state index in [1.54, 1.807) is 30.3 Å². The van der Waals surface area contributed by atoms with Gasteiger partial charge in [-0.05, 0) is 36.8 Å². The molecule has 2 heterocycles. The number of rotatable bonds is 5. The van der Waals surface area contributed by atoms with Crippen LogP contribution in [-0.2, 0) is 4.79 Å². The van der Waals surface area contributed by atoms with Gasteiger partial charge in [-0.25, -0.2) is 4.98 Å². The van der Waals surface area contributed by atoms with Crippen molar-refractivity contribution in [1.82, 2.24) is 9.88 Å². The van der Waals surface area contributed by atoms with Crippen LogP contribution in [0.25, 0.3) is 0 Å². The van der Waals surface area contributed by atoms with Gasteiger partial charge in [0.15, 0.2) is 0 Å². The average molecular weight is 423 g/mol. The van der Waals surface area contributed by atoms with Gasteiger partial charge in [0.05, 0.1) is 16.1 Å². The smallest absolute Gasteiger partial charge is 0.261 e. The second-order valence-electron chi connectivity index (χ2n) is 5.47. The van der Waals surface area contributed by atoms with Crippen LogP contribution in [-0.4, -0.2) is 34.2 Å². The summed E-state index contributed by atoms with van der Waals surface area (Å²) in [4.78, 5) is 41.7. The third-order valence-electron chi connectivity index (χ3n) is 3.71. The maximum Gasteiger partial charge on any atom is 0.261 e. The number of benzene rings is 1. The van der Waals surface area contributed by atoms with Crippen molar-refractivity contribution >= 4 is 51.1 Å². The van der Waals surface area contributed by atoms with Gasteiger partial charge in [-0.1, -0.05) is 27.5 Å². The third-order valence-corrected chi connectivity index (χ3v) is 4.43. The lowest BCUT2D eigenvalue weighted by Gasteiger charge is -2.13. The molecule has 0 radical (unpaired) electrons. The maximum absolute atomic E-state index is 12.3. The topological polar surface area (TPSA) is 79.4 Å². The van der Waals surface area contributed by atoms with Gasteiger partial charge in [-0.2, -0.15) is 0 Å². The predicted molar refractivity (Wildman–Crippen MR) is 96.6 cm³/mol. The molecule has 1 aliphatic heterocycles. The minimum atomic E-state index is -0.332. The molecule has 128 valence electrons. The van der Waals surface area contributed by atoms with Gasteiger partial charge in [0.1, 0.15) is 5.82 Å². The Labute approximate surface area is 157 Å². The molecule has 6 nitrogen and oxygen atoms in total. The Hall–Kier alpha value is -2.25. The molecule has 1 aromatic heterocycles. The largest absolute Gasteiger partial charge is 0.311 e. The second kappa shape index (κ2) is 7.33. The highest BCUT2D eigenvalue weighted by Crippen LogP contribution is 2.26. The number of anilines is 1. The highest BCUT2D eigenvalue weighted by molar-refractivity contribution is 9.10. The van der Waals surface area contributed by atoms with Gasteiger partial charge in [0.2, 0.25) is 5.91 Å². The maximum atomic E-state index is 12.3. The van der Waals surface area contributed by atoms with Crippen LogP contribution in [0.3, 0.4) is 0 Å². The minimum Gasteiger partial charge on any atom is -0.311 e. The Bertz CT molecular complexity index is 855. The fourth-order valence-corrected chi connectivity index (χ4v) is 2.99. The Morgan fingerprint density at radius 3 is 2.64 bits per heavy atom. The number of nitrogens with zero attached hydrogens (tertiary/aromatic N) is 2. The number of fused-ring (bicyclic) bond motifs is 1. The monoisotopic (exact) mass is 421 g/mol. The summed E-state index contributed by atoms with van der Waals surface area (Å²) in [5.74, 6) is -0.498. The molecule has 0 fully saturated rings. The van der Waals surface area contributed by atoms with Gasteiger partial charge >= 0.3 is 0 Å². The zero-order valence-electron chi connectivity index (χ0n) is 13.0. The van der Waals surface area contributed by atoms with Crippen molar-refractivity contribution in [1.29, 1.82) is 0 Å². The molecule has 0 bridgehead atoms. The van der Waals surface area contributed by atoms with Crippen molar-refractivity contribution in [2.45, 2.75) is 12.8 Å². The van der Waals surface area contributed by atoms with Crippen LogP contribution in [0.4, 0.5) is 5.82 Å². The number of hydrogen-bond acceptors (Lipinski definition) is 4. The summed E-state index contributed by atoms with van der Waals surface area (Å²) in [6.07, 6.45) is 1.97. The Morgan fingerprint density at radius 1 is 1.16 bits per heavy atom. The summed E-state index contributed by atoms with van der Waals surface area (Å²) in [7, 11) is 0.